The molecule has 0 aliphatic rings. The lowest BCUT2D eigenvalue weighted by atomic mass is 9.78. The number of hydrogen-bond donors (Lipinski definition) is 0. The Morgan fingerprint density at radius 2 is 1.53 bits per heavy atom. The summed E-state index contributed by atoms with van der Waals surface area (Å²) >= 11 is 0. The second kappa shape index (κ2) is 11.3. The lowest BCUT2D eigenvalue weighted by Gasteiger charge is -2.33. The predicted molar refractivity (Wildman–Crippen MR) is 156 cm³/mol. The fourth-order valence-electron chi connectivity index (χ4n) is 5.59. The molecule has 5 rings (SSSR count). The second-order valence-electron chi connectivity index (χ2n) is 11.2. The summed E-state index contributed by atoms with van der Waals surface area (Å²) in [6.45, 7) is 4.30. The largest absolute Gasteiger partial charge is 0.417 e. The van der Waals surface area contributed by atoms with Crippen LogP contribution in [0.5, 0.6) is 0 Å². The highest BCUT2D eigenvalue weighted by Crippen LogP contribution is 2.46. The van der Waals surface area contributed by atoms with E-state index in [0.29, 0.717) is 40.3 Å². The van der Waals surface area contributed by atoms with Crippen molar-refractivity contribution in [3.63, 3.8) is 0 Å². The number of alkyl halides is 6. The minimum atomic E-state index is -5.40. The molecule has 234 valence electrons. The zero-order valence-corrected chi connectivity index (χ0v) is 24.6. The van der Waals surface area contributed by atoms with Gasteiger partial charge in [-0.05, 0) is 61.2 Å². The van der Waals surface area contributed by atoms with E-state index >= 15 is 0 Å². The number of rotatable bonds is 6. The van der Waals surface area contributed by atoms with E-state index in [-0.39, 0.29) is 5.69 Å². The summed E-state index contributed by atoms with van der Waals surface area (Å²) in [5.41, 5.74) is -3.79. The summed E-state index contributed by atoms with van der Waals surface area (Å²) in [6, 6.07) is 15.5. The van der Waals surface area contributed by atoms with Gasteiger partial charge in [-0.3, -0.25) is 4.79 Å². The van der Waals surface area contributed by atoms with E-state index < -0.39 is 46.2 Å². The van der Waals surface area contributed by atoms with Gasteiger partial charge in [-0.25, -0.2) is 14.1 Å². The average Bonchev–Trinajstić information content (AvgIpc) is 3.38. The molecule has 1 amide bonds. The Kier molecular flexibility index (Phi) is 7.97. The summed E-state index contributed by atoms with van der Waals surface area (Å²) in [5, 5.41) is 4.96. The molecule has 0 saturated heterocycles. The highest BCUT2D eigenvalue weighted by Gasteiger charge is 2.48. The Balaban J connectivity index is 1.68. The number of nitrogens with zero attached hydrogens (tertiary/aromatic N) is 4. The van der Waals surface area contributed by atoms with Crippen LogP contribution < -0.4 is 4.90 Å². The molecule has 0 fully saturated rings. The SMILES string of the molecule is Cc1cc(F)ccc1-c1c(N(C)C(=O)C(C)(C)c2cccc(C(F)(F)F)c2C(F)(F)F)cnc2c1cnn2Cc1ccccc1. The van der Waals surface area contributed by atoms with Crippen molar-refractivity contribution >= 4 is 22.6 Å². The van der Waals surface area contributed by atoms with Crippen molar-refractivity contribution in [2.45, 2.75) is 45.1 Å². The van der Waals surface area contributed by atoms with E-state index in [1.54, 1.807) is 11.6 Å². The van der Waals surface area contributed by atoms with Crippen molar-refractivity contribution in [1.29, 1.82) is 0 Å². The summed E-state index contributed by atoms with van der Waals surface area (Å²) in [6.07, 6.45) is -7.82. The van der Waals surface area contributed by atoms with Crippen LogP contribution in [0.1, 0.15) is 41.7 Å². The van der Waals surface area contributed by atoms with Crippen molar-refractivity contribution < 1.29 is 35.5 Å². The van der Waals surface area contributed by atoms with Gasteiger partial charge in [-0.15, -0.1) is 0 Å². The van der Waals surface area contributed by atoms with Crippen molar-refractivity contribution in [2.75, 3.05) is 11.9 Å². The standard InChI is InChI=1S/C33H27F7N4O/c1-19-15-21(34)13-14-22(19)27-23-16-42-44(18-20-9-6-5-7-10-20)29(23)41-17-26(27)43(4)30(45)31(2,3)24-11-8-12-25(32(35,36)37)28(24)33(38,39)40/h5-17H,18H2,1-4H3. The number of aromatic nitrogens is 3. The Labute approximate surface area is 253 Å². The summed E-state index contributed by atoms with van der Waals surface area (Å²) < 4.78 is 99.5. The molecule has 5 nitrogen and oxygen atoms in total. The van der Waals surface area contributed by atoms with Gasteiger partial charge in [0.25, 0.3) is 0 Å². The van der Waals surface area contributed by atoms with E-state index in [9.17, 15) is 35.5 Å². The third-order valence-electron chi connectivity index (χ3n) is 7.81. The first-order valence-corrected chi connectivity index (χ1v) is 13.7. The number of fused-ring (bicyclic) bond motifs is 1. The van der Waals surface area contributed by atoms with Gasteiger partial charge in [0.05, 0.1) is 41.2 Å². The Hall–Kier alpha value is -4.74. The Morgan fingerprint density at radius 1 is 0.867 bits per heavy atom. The first-order valence-electron chi connectivity index (χ1n) is 13.7. The maximum atomic E-state index is 14.2. The summed E-state index contributed by atoms with van der Waals surface area (Å²) in [7, 11) is 1.31. The molecule has 0 N–H and O–H groups in total. The summed E-state index contributed by atoms with van der Waals surface area (Å²) in [5.74, 6) is -1.43. The molecule has 2 heterocycles. The molecule has 12 heteroatoms. The van der Waals surface area contributed by atoms with Crippen LogP contribution in [0.25, 0.3) is 22.2 Å². The van der Waals surface area contributed by atoms with Crippen molar-refractivity contribution in [2.24, 2.45) is 0 Å². The number of carbonyl (C=O) groups excluding carboxylic acids is 1. The summed E-state index contributed by atoms with van der Waals surface area (Å²) in [4.78, 5) is 19.7. The molecule has 0 aliphatic heterocycles. The van der Waals surface area contributed by atoms with Crippen molar-refractivity contribution in [1.82, 2.24) is 14.8 Å². The van der Waals surface area contributed by atoms with Crippen LogP contribution in [-0.2, 0) is 29.1 Å². The Morgan fingerprint density at radius 3 is 2.16 bits per heavy atom. The number of benzene rings is 3. The minimum absolute atomic E-state index is 0.148. The molecule has 0 spiro atoms. The van der Waals surface area contributed by atoms with E-state index in [0.717, 1.165) is 36.4 Å². The number of anilines is 1. The van der Waals surface area contributed by atoms with Gasteiger partial charge in [0, 0.05) is 18.0 Å². The van der Waals surface area contributed by atoms with Crippen molar-refractivity contribution in [3.05, 3.63) is 113 Å². The number of amides is 1. The minimum Gasteiger partial charge on any atom is -0.313 e. The Bertz CT molecular complexity index is 1890. The molecule has 0 unspecified atom stereocenters. The van der Waals surface area contributed by atoms with Crippen LogP contribution >= 0.6 is 0 Å². The van der Waals surface area contributed by atoms with Crippen LogP contribution in [0.3, 0.4) is 0 Å². The highest BCUT2D eigenvalue weighted by atomic mass is 19.4. The lowest BCUT2D eigenvalue weighted by Crippen LogP contribution is -2.43. The predicted octanol–water partition coefficient (Wildman–Crippen LogP) is 8.57. The third kappa shape index (κ3) is 5.88. The van der Waals surface area contributed by atoms with Crippen LogP contribution in [-0.4, -0.2) is 27.7 Å². The van der Waals surface area contributed by atoms with Gasteiger partial charge in [0.15, 0.2) is 5.65 Å². The van der Waals surface area contributed by atoms with Crippen LogP contribution in [0.2, 0.25) is 0 Å². The fourth-order valence-corrected chi connectivity index (χ4v) is 5.59. The molecule has 5 aromatic rings. The van der Waals surface area contributed by atoms with Gasteiger partial charge in [-0.2, -0.15) is 31.4 Å². The van der Waals surface area contributed by atoms with Gasteiger partial charge in [0.1, 0.15) is 5.82 Å². The molecule has 0 bridgehead atoms. The van der Waals surface area contributed by atoms with Crippen LogP contribution in [0, 0.1) is 12.7 Å². The fraction of sp³-hybridized carbons (Fsp3) is 0.242. The number of aryl methyl sites for hydroxylation is 1. The maximum absolute atomic E-state index is 14.2. The average molecular weight is 629 g/mol. The molecule has 3 aromatic carbocycles. The van der Waals surface area contributed by atoms with Crippen LogP contribution in [0.4, 0.5) is 36.4 Å². The number of hydrogen-bond acceptors (Lipinski definition) is 3. The molecular weight excluding hydrogens is 601 g/mol. The topological polar surface area (TPSA) is 51.0 Å². The molecule has 0 saturated carbocycles. The van der Waals surface area contributed by atoms with E-state index in [4.69, 9.17) is 0 Å². The van der Waals surface area contributed by atoms with Crippen molar-refractivity contribution in [3.8, 4) is 11.1 Å². The smallest absolute Gasteiger partial charge is 0.313 e. The normalized spacial score (nSPS) is 12.5. The van der Waals surface area contributed by atoms with Gasteiger partial charge in [0.2, 0.25) is 5.91 Å². The van der Waals surface area contributed by atoms with Gasteiger partial charge < -0.3 is 4.90 Å². The molecule has 45 heavy (non-hydrogen) atoms. The molecule has 0 atom stereocenters. The first-order chi connectivity index (χ1) is 21.0. The van der Waals surface area contributed by atoms with Crippen LogP contribution in [0.15, 0.2) is 79.1 Å². The number of halogens is 7. The van der Waals surface area contributed by atoms with Gasteiger partial charge in [-0.1, -0.05) is 48.5 Å². The first kappa shape index (κ1) is 31.7. The molecule has 2 aromatic heterocycles. The second-order valence-corrected chi connectivity index (χ2v) is 11.2. The number of carbonyl (C=O) groups is 1. The maximum Gasteiger partial charge on any atom is 0.417 e. The zero-order valence-electron chi connectivity index (χ0n) is 24.6. The highest BCUT2D eigenvalue weighted by molar-refractivity contribution is 6.08. The zero-order chi connectivity index (χ0) is 32.9. The van der Waals surface area contributed by atoms with E-state index in [1.165, 1.54) is 37.6 Å². The number of pyridine rings is 1. The van der Waals surface area contributed by atoms with E-state index in [1.807, 2.05) is 30.3 Å². The van der Waals surface area contributed by atoms with Gasteiger partial charge >= 0.3 is 12.4 Å². The third-order valence-corrected chi connectivity index (χ3v) is 7.81. The molecular formula is C33H27F7N4O. The molecule has 0 aliphatic carbocycles. The molecule has 0 radical (unpaired) electrons. The van der Waals surface area contributed by atoms with E-state index in [2.05, 4.69) is 10.1 Å². The lowest BCUT2D eigenvalue weighted by molar-refractivity contribution is -0.163. The quantitative estimate of drug-likeness (QED) is 0.177. The monoisotopic (exact) mass is 628 g/mol. The number of likely N-dealkylation sites (N-methyl/N-ethyl adjacent to an activating group) is 1.